The minimum Gasteiger partial charge on any atom is -0.447 e. The van der Waals surface area contributed by atoms with Crippen LogP contribution in [0.4, 0.5) is 0 Å². The van der Waals surface area contributed by atoms with Crippen LogP contribution in [0, 0.1) is 0 Å². The van der Waals surface area contributed by atoms with Gasteiger partial charge in [-0.2, -0.15) is 0 Å². The monoisotopic (exact) mass is 213 g/mol. The summed E-state index contributed by atoms with van der Waals surface area (Å²) in [6.07, 6.45) is 6.02. The van der Waals surface area contributed by atoms with Gasteiger partial charge in [0.2, 0.25) is 5.89 Å². The highest BCUT2D eigenvalue weighted by atomic mass is 32.2. The van der Waals surface area contributed by atoms with Crippen LogP contribution in [0.15, 0.2) is 10.7 Å². The van der Waals surface area contributed by atoms with Crippen molar-refractivity contribution in [2.45, 2.75) is 30.9 Å². The molecule has 1 N–H and O–H groups in total. The fourth-order valence-electron chi connectivity index (χ4n) is 1.64. The first-order chi connectivity index (χ1) is 6.90. The number of hydrogen-bond acceptors (Lipinski definition) is 4. The topological polar surface area (TPSA) is 46.3 Å². The lowest BCUT2D eigenvalue weighted by atomic mass is 10.2. The van der Waals surface area contributed by atoms with Crippen LogP contribution in [0.2, 0.25) is 0 Å². The molecule has 78 valence electrons. The van der Waals surface area contributed by atoms with E-state index in [1.165, 1.54) is 25.0 Å². The van der Waals surface area contributed by atoms with Crippen LogP contribution >= 0.6 is 11.8 Å². The lowest BCUT2D eigenvalue weighted by Crippen LogP contribution is -2.02. The smallest absolute Gasteiger partial charge is 0.207 e. The van der Waals surface area contributed by atoms with Gasteiger partial charge in [-0.1, -0.05) is 6.42 Å². The zero-order valence-corrected chi connectivity index (χ0v) is 8.92. The molecule has 14 heavy (non-hydrogen) atoms. The van der Waals surface area contributed by atoms with Crippen molar-refractivity contribution in [2.24, 2.45) is 0 Å². The largest absolute Gasteiger partial charge is 0.447 e. The molecule has 0 aliphatic carbocycles. The Labute approximate surface area is 87.9 Å². The summed E-state index contributed by atoms with van der Waals surface area (Å²) in [7, 11) is 0. The molecule has 2 rings (SSSR count). The highest BCUT2D eigenvalue weighted by Gasteiger charge is 2.20. The minimum absolute atomic E-state index is 0.143. The number of thioether (sulfide) groups is 1. The normalized spacial score (nSPS) is 22.5. The van der Waals surface area contributed by atoms with Gasteiger partial charge in [0.05, 0.1) is 10.9 Å². The number of aliphatic hydroxyl groups excluding tert-OH is 1. The summed E-state index contributed by atoms with van der Waals surface area (Å²) >= 11 is 1.93. The minimum atomic E-state index is 0.143. The van der Waals surface area contributed by atoms with Gasteiger partial charge in [0.15, 0.2) is 0 Å². The Kier molecular flexibility index (Phi) is 3.48. The predicted molar refractivity (Wildman–Crippen MR) is 56.3 cm³/mol. The summed E-state index contributed by atoms with van der Waals surface area (Å²) < 4.78 is 5.41. The van der Waals surface area contributed by atoms with Crippen LogP contribution in [-0.2, 0) is 6.42 Å². The molecule has 0 saturated carbocycles. The lowest BCUT2D eigenvalue weighted by Gasteiger charge is -2.17. The standard InChI is InChI=1S/C10H15NO2S/c12-5-4-8-7-13-10(11-8)9-3-1-2-6-14-9/h7,9,12H,1-6H2. The first-order valence-electron chi connectivity index (χ1n) is 5.07. The number of oxazole rings is 1. The molecule has 0 spiro atoms. The highest BCUT2D eigenvalue weighted by Crippen LogP contribution is 2.37. The van der Waals surface area contributed by atoms with Gasteiger partial charge in [-0.15, -0.1) is 11.8 Å². The molecule has 0 aromatic carbocycles. The molecule has 2 heterocycles. The van der Waals surface area contributed by atoms with Crippen molar-refractivity contribution in [1.29, 1.82) is 0 Å². The van der Waals surface area contributed by atoms with Gasteiger partial charge in [0.25, 0.3) is 0 Å². The second-order valence-corrected chi connectivity index (χ2v) is 4.82. The fourth-order valence-corrected chi connectivity index (χ4v) is 2.87. The highest BCUT2D eigenvalue weighted by molar-refractivity contribution is 7.99. The van der Waals surface area contributed by atoms with E-state index >= 15 is 0 Å². The third-order valence-corrected chi connectivity index (χ3v) is 3.76. The third kappa shape index (κ3) is 2.30. The summed E-state index contributed by atoms with van der Waals surface area (Å²) in [4.78, 5) is 4.38. The second kappa shape index (κ2) is 4.84. The van der Waals surface area contributed by atoms with E-state index in [9.17, 15) is 0 Å². The molecular weight excluding hydrogens is 198 g/mol. The van der Waals surface area contributed by atoms with Gasteiger partial charge in [-0.05, 0) is 18.6 Å². The summed E-state index contributed by atoms with van der Waals surface area (Å²) in [6, 6.07) is 0. The van der Waals surface area contributed by atoms with Gasteiger partial charge in [0, 0.05) is 13.0 Å². The predicted octanol–water partition coefficient (Wildman–Crippen LogP) is 2.17. The molecule has 0 bridgehead atoms. The molecule has 1 aromatic rings. The molecule has 3 nitrogen and oxygen atoms in total. The van der Waals surface area contributed by atoms with Crippen LogP contribution in [0.1, 0.15) is 36.1 Å². The van der Waals surface area contributed by atoms with Crippen molar-refractivity contribution in [2.75, 3.05) is 12.4 Å². The van der Waals surface area contributed by atoms with Crippen molar-refractivity contribution in [3.8, 4) is 0 Å². The van der Waals surface area contributed by atoms with E-state index in [0.717, 1.165) is 11.6 Å². The summed E-state index contributed by atoms with van der Waals surface area (Å²) in [6.45, 7) is 0.143. The van der Waals surface area contributed by atoms with Gasteiger partial charge >= 0.3 is 0 Å². The Morgan fingerprint density at radius 2 is 2.50 bits per heavy atom. The average Bonchev–Trinajstić information content (AvgIpc) is 2.68. The lowest BCUT2D eigenvalue weighted by molar-refractivity contribution is 0.298. The average molecular weight is 213 g/mol. The maximum absolute atomic E-state index is 8.75. The molecule has 1 aromatic heterocycles. The first-order valence-corrected chi connectivity index (χ1v) is 6.12. The number of nitrogens with zero attached hydrogens (tertiary/aromatic N) is 1. The Hall–Kier alpha value is -0.480. The fraction of sp³-hybridized carbons (Fsp3) is 0.700. The van der Waals surface area contributed by atoms with Crippen LogP contribution in [0.3, 0.4) is 0 Å². The SMILES string of the molecule is OCCc1coc(C2CCCCS2)n1. The summed E-state index contributed by atoms with van der Waals surface area (Å²) in [5, 5.41) is 9.19. The zero-order valence-electron chi connectivity index (χ0n) is 8.11. The van der Waals surface area contributed by atoms with E-state index in [1.807, 2.05) is 11.8 Å². The van der Waals surface area contributed by atoms with Crippen LogP contribution in [0.25, 0.3) is 0 Å². The van der Waals surface area contributed by atoms with E-state index in [4.69, 9.17) is 9.52 Å². The first kappa shape index (κ1) is 10.1. The summed E-state index contributed by atoms with van der Waals surface area (Å²) in [5.41, 5.74) is 0.869. The molecule has 1 unspecified atom stereocenters. The number of aliphatic hydroxyl groups is 1. The van der Waals surface area contributed by atoms with Crippen molar-refractivity contribution >= 4 is 11.8 Å². The van der Waals surface area contributed by atoms with Gasteiger partial charge in [-0.3, -0.25) is 0 Å². The maximum atomic E-state index is 8.75. The molecule has 1 fully saturated rings. The van der Waals surface area contributed by atoms with E-state index in [2.05, 4.69) is 4.98 Å². The van der Waals surface area contributed by atoms with E-state index in [1.54, 1.807) is 6.26 Å². The van der Waals surface area contributed by atoms with Crippen LogP contribution in [-0.4, -0.2) is 22.5 Å². The molecular formula is C10H15NO2S. The van der Waals surface area contributed by atoms with E-state index in [0.29, 0.717) is 11.7 Å². The van der Waals surface area contributed by atoms with Gasteiger partial charge < -0.3 is 9.52 Å². The Bertz CT molecular complexity index is 281. The van der Waals surface area contributed by atoms with Crippen molar-refractivity contribution < 1.29 is 9.52 Å². The molecule has 4 heteroatoms. The molecule has 0 amide bonds. The van der Waals surface area contributed by atoms with Crippen molar-refractivity contribution in [1.82, 2.24) is 4.98 Å². The maximum Gasteiger partial charge on any atom is 0.207 e. The second-order valence-electron chi connectivity index (χ2n) is 3.51. The quantitative estimate of drug-likeness (QED) is 0.836. The Morgan fingerprint density at radius 1 is 1.57 bits per heavy atom. The van der Waals surface area contributed by atoms with E-state index in [-0.39, 0.29) is 6.61 Å². The molecule has 1 aliphatic heterocycles. The third-order valence-electron chi connectivity index (χ3n) is 2.39. The number of hydrogen-bond donors (Lipinski definition) is 1. The zero-order chi connectivity index (χ0) is 9.80. The van der Waals surface area contributed by atoms with Crippen LogP contribution < -0.4 is 0 Å². The summed E-state index contributed by atoms with van der Waals surface area (Å²) in [5.74, 6) is 2.06. The van der Waals surface area contributed by atoms with Gasteiger partial charge in [-0.25, -0.2) is 4.98 Å². The number of aromatic nitrogens is 1. The Morgan fingerprint density at radius 3 is 3.21 bits per heavy atom. The number of rotatable bonds is 3. The van der Waals surface area contributed by atoms with Crippen molar-refractivity contribution in [3.63, 3.8) is 0 Å². The molecule has 1 aliphatic rings. The van der Waals surface area contributed by atoms with Crippen LogP contribution in [0.5, 0.6) is 0 Å². The van der Waals surface area contributed by atoms with E-state index < -0.39 is 0 Å². The molecule has 0 radical (unpaired) electrons. The van der Waals surface area contributed by atoms with Crippen molar-refractivity contribution in [3.05, 3.63) is 17.8 Å². The van der Waals surface area contributed by atoms with Gasteiger partial charge in [0.1, 0.15) is 6.26 Å². The molecule has 1 saturated heterocycles. The Balaban J connectivity index is 2.00. The molecule has 1 atom stereocenters.